The lowest BCUT2D eigenvalue weighted by atomic mass is 9.96. The number of phenols is 1. The Kier molecular flexibility index (Phi) is 2.39. The molecule has 0 aliphatic heterocycles. The number of phenolic OH excluding ortho intramolecular Hbond substituents is 1. The molecule has 2 rings (SSSR count). The molecule has 6 nitrogen and oxygen atoms in total. The van der Waals surface area contributed by atoms with Crippen molar-refractivity contribution in [2.24, 2.45) is 0 Å². The molecule has 1 aliphatic carbocycles. The highest BCUT2D eigenvalue weighted by Gasteiger charge is 2.46. The van der Waals surface area contributed by atoms with Gasteiger partial charge in [0.25, 0.3) is 0 Å². The lowest BCUT2D eigenvalue weighted by Gasteiger charge is -2.10. The van der Waals surface area contributed by atoms with Crippen molar-refractivity contribution < 1.29 is 14.8 Å². The maximum atomic E-state index is 10.8. The molecule has 1 fully saturated rings. The Labute approximate surface area is 97.2 Å². The number of nitrogens with zero attached hydrogens (tertiary/aromatic N) is 2. The van der Waals surface area contributed by atoms with E-state index in [0.717, 1.165) is 0 Å². The maximum absolute atomic E-state index is 10.8. The minimum absolute atomic E-state index is 0.0238. The van der Waals surface area contributed by atoms with Gasteiger partial charge < -0.3 is 9.84 Å². The zero-order valence-corrected chi connectivity index (χ0v) is 9.14. The van der Waals surface area contributed by atoms with E-state index in [1.165, 1.54) is 19.2 Å². The molecule has 0 bridgehead atoms. The van der Waals surface area contributed by atoms with Crippen molar-refractivity contribution in [3.8, 4) is 17.6 Å². The van der Waals surface area contributed by atoms with Gasteiger partial charge in [0.1, 0.15) is 0 Å². The SMILES string of the molecule is COc1cc(C2(C#N)CC2)cc([N+](=O)[O-])c1O. The van der Waals surface area contributed by atoms with E-state index in [0.29, 0.717) is 18.4 Å². The number of aromatic hydroxyl groups is 1. The summed E-state index contributed by atoms with van der Waals surface area (Å²) in [6.45, 7) is 0. The molecule has 1 aromatic rings. The van der Waals surface area contributed by atoms with Crippen molar-refractivity contribution in [2.75, 3.05) is 7.11 Å². The van der Waals surface area contributed by atoms with Gasteiger partial charge in [-0.2, -0.15) is 5.26 Å². The molecule has 0 unspecified atom stereocenters. The Bertz CT molecular complexity index is 529. The molecule has 6 heteroatoms. The third-order valence-corrected chi connectivity index (χ3v) is 2.99. The molecular weight excluding hydrogens is 224 g/mol. The van der Waals surface area contributed by atoms with E-state index in [1.807, 2.05) is 0 Å². The van der Waals surface area contributed by atoms with E-state index in [9.17, 15) is 15.2 Å². The quantitative estimate of drug-likeness (QED) is 0.636. The van der Waals surface area contributed by atoms with Crippen molar-refractivity contribution in [2.45, 2.75) is 18.3 Å². The van der Waals surface area contributed by atoms with Gasteiger partial charge in [0, 0.05) is 6.07 Å². The molecular formula is C11H10N2O4. The first-order chi connectivity index (χ1) is 8.04. The van der Waals surface area contributed by atoms with Crippen LogP contribution < -0.4 is 4.74 Å². The molecule has 0 aromatic heterocycles. The molecule has 17 heavy (non-hydrogen) atoms. The highest BCUT2D eigenvalue weighted by molar-refractivity contribution is 5.60. The van der Waals surface area contributed by atoms with E-state index in [1.54, 1.807) is 0 Å². The van der Waals surface area contributed by atoms with Crippen LogP contribution in [0.25, 0.3) is 0 Å². The fraction of sp³-hybridized carbons (Fsp3) is 0.364. The number of hydrogen-bond donors (Lipinski definition) is 1. The standard InChI is InChI=1S/C11H10N2O4/c1-17-9-5-7(11(6-12)2-3-11)4-8(10(9)14)13(15)16/h4-5,14H,2-3H2,1H3. The number of nitro benzene ring substituents is 1. The zero-order chi connectivity index (χ0) is 12.6. The van der Waals surface area contributed by atoms with Crippen LogP contribution in [0.5, 0.6) is 11.5 Å². The lowest BCUT2D eigenvalue weighted by molar-refractivity contribution is -0.386. The largest absolute Gasteiger partial charge is 0.500 e. The van der Waals surface area contributed by atoms with E-state index in [4.69, 9.17) is 10.00 Å². The van der Waals surface area contributed by atoms with Gasteiger partial charge in [-0.1, -0.05) is 0 Å². The molecule has 0 radical (unpaired) electrons. The third kappa shape index (κ3) is 1.65. The van der Waals surface area contributed by atoms with Crippen molar-refractivity contribution in [1.29, 1.82) is 5.26 Å². The van der Waals surface area contributed by atoms with Crippen molar-refractivity contribution in [1.82, 2.24) is 0 Å². The predicted octanol–water partition coefficient (Wildman–Crippen LogP) is 1.86. The van der Waals surface area contributed by atoms with Crippen molar-refractivity contribution in [3.63, 3.8) is 0 Å². The second kappa shape index (κ2) is 3.63. The summed E-state index contributed by atoms with van der Waals surface area (Å²) in [5, 5.41) is 29.4. The monoisotopic (exact) mass is 234 g/mol. The van der Waals surface area contributed by atoms with E-state index in [2.05, 4.69) is 6.07 Å². The highest BCUT2D eigenvalue weighted by atomic mass is 16.6. The predicted molar refractivity (Wildman–Crippen MR) is 57.8 cm³/mol. The number of rotatable bonds is 3. The van der Waals surface area contributed by atoms with Gasteiger partial charge in [0.2, 0.25) is 5.75 Å². The number of ether oxygens (including phenoxy) is 1. The summed E-state index contributed by atoms with van der Waals surface area (Å²) in [5.74, 6) is -0.481. The van der Waals surface area contributed by atoms with Gasteiger partial charge in [0.15, 0.2) is 5.75 Å². The number of benzene rings is 1. The Morgan fingerprint density at radius 2 is 2.24 bits per heavy atom. The topological polar surface area (TPSA) is 96.4 Å². The van der Waals surface area contributed by atoms with E-state index in [-0.39, 0.29) is 5.75 Å². The van der Waals surface area contributed by atoms with Gasteiger partial charge in [-0.15, -0.1) is 0 Å². The molecule has 0 saturated heterocycles. The van der Waals surface area contributed by atoms with Crippen LogP contribution >= 0.6 is 0 Å². The Morgan fingerprint density at radius 1 is 1.59 bits per heavy atom. The zero-order valence-electron chi connectivity index (χ0n) is 9.14. The molecule has 0 atom stereocenters. The first-order valence-electron chi connectivity index (χ1n) is 5.01. The first-order valence-corrected chi connectivity index (χ1v) is 5.01. The fourth-order valence-electron chi connectivity index (χ4n) is 1.75. The minimum atomic E-state index is -0.686. The number of methoxy groups -OCH3 is 1. The van der Waals surface area contributed by atoms with Crippen LogP contribution in [0.2, 0.25) is 0 Å². The average molecular weight is 234 g/mol. The highest BCUT2D eigenvalue weighted by Crippen LogP contribution is 2.51. The fourth-order valence-corrected chi connectivity index (χ4v) is 1.75. The van der Waals surface area contributed by atoms with Crippen LogP contribution in [-0.4, -0.2) is 17.1 Å². The van der Waals surface area contributed by atoms with Crippen LogP contribution in [-0.2, 0) is 5.41 Å². The van der Waals surface area contributed by atoms with Gasteiger partial charge in [-0.05, 0) is 24.5 Å². The van der Waals surface area contributed by atoms with Crippen LogP contribution in [0.4, 0.5) is 5.69 Å². The van der Waals surface area contributed by atoms with E-state index < -0.39 is 21.8 Å². The summed E-state index contributed by atoms with van der Waals surface area (Å²) in [6.07, 6.45) is 1.35. The smallest absolute Gasteiger partial charge is 0.314 e. The third-order valence-electron chi connectivity index (χ3n) is 2.99. The number of nitro groups is 1. The molecule has 1 aliphatic rings. The average Bonchev–Trinajstić information content (AvgIpc) is 3.10. The molecule has 88 valence electrons. The summed E-state index contributed by atoms with van der Waals surface area (Å²) in [6, 6.07) is 4.87. The van der Waals surface area contributed by atoms with Crippen LogP contribution in [0.1, 0.15) is 18.4 Å². The number of nitriles is 1. The van der Waals surface area contributed by atoms with Crippen molar-refractivity contribution in [3.05, 3.63) is 27.8 Å². The normalized spacial score (nSPS) is 16.0. The Balaban J connectivity index is 2.60. The second-order valence-corrected chi connectivity index (χ2v) is 4.00. The summed E-state index contributed by atoms with van der Waals surface area (Å²) in [4.78, 5) is 10.1. The van der Waals surface area contributed by atoms with Gasteiger partial charge in [-0.25, -0.2) is 0 Å². The van der Waals surface area contributed by atoms with E-state index >= 15 is 0 Å². The summed E-state index contributed by atoms with van der Waals surface area (Å²) >= 11 is 0. The molecule has 1 saturated carbocycles. The Hall–Kier alpha value is -2.29. The summed E-state index contributed by atoms with van der Waals surface area (Å²) in [5.41, 5.74) is -0.548. The summed E-state index contributed by atoms with van der Waals surface area (Å²) in [7, 11) is 1.31. The van der Waals surface area contributed by atoms with Crippen LogP contribution in [0.15, 0.2) is 12.1 Å². The maximum Gasteiger partial charge on any atom is 0.314 e. The minimum Gasteiger partial charge on any atom is -0.500 e. The van der Waals surface area contributed by atoms with Gasteiger partial charge in [-0.3, -0.25) is 10.1 Å². The molecule has 1 aromatic carbocycles. The van der Waals surface area contributed by atoms with Gasteiger partial charge >= 0.3 is 5.69 Å². The second-order valence-electron chi connectivity index (χ2n) is 4.00. The molecule has 1 N–H and O–H groups in total. The lowest BCUT2D eigenvalue weighted by Crippen LogP contribution is -2.04. The van der Waals surface area contributed by atoms with Crippen LogP contribution in [0.3, 0.4) is 0 Å². The number of hydrogen-bond acceptors (Lipinski definition) is 5. The molecule has 0 heterocycles. The van der Waals surface area contributed by atoms with Gasteiger partial charge in [0.05, 0.1) is 23.5 Å². The van der Waals surface area contributed by atoms with Crippen molar-refractivity contribution >= 4 is 5.69 Å². The first kappa shape index (κ1) is 11.2. The molecule has 0 spiro atoms. The molecule has 0 amide bonds. The van der Waals surface area contributed by atoms with Crippen LogP contribution in [0, 0.1) is 21.4 Å². The summed E-state index contributed by atoms with van der Waals surface area (Å²) < 4.78 is 4.88. The Morgan fingerprint density at radius 3 is 2.65 bits per heavy atom.